The number of rotatable bonds is 4. The maximum absolute atomic E-state index is 12.5. The first-order valence-corrected chi connectivity index (χ1v) is 4.72. The molecule has 0 aliphatic rings. The molecule has 16 heavy (non-hydrogen) atoms. The van der Waals surface area contributed by atoms with Crippen molar-refractivity contribution in [3.63, 3.8) is 0 Å². The van der Waals surface area contributed by atoms with Gasteiger partial charge in [0.25, 0.3) is 0 Å². The highest BCUT2D eigenvalue weighted by Crippen LogP contribution is 2.31. The van der Waals surface area contributed by atoms with Crippen LogP contribution in [0.25, 0.3) is 0 Å². The van der Waals surface area contributed by atoms with Crippen LogP contribution in [0.5, 0.6) is 0 Å². The first-order chi connectivity index (χ1) is 7.46. The van der Waals surface area contributed by atoms with Crippen LogP contribution < -0.4 is 5.32 Å². The van der Waals surface area contributed by atoms with E-state index in [2.05, 4.69) is 10.3 Å². The zero-order valence-corrected chi connectivity index (χ0v) is 8.64. The van der Waals surface area contributed by atoms with Crippen LogP contribution in [0.2, 0.25) is 0 Å². The molecule has 1 N–H and O–H groups in total. The van der Waals surface area contributed by atoms with E-state index in [4.69, 9.17) is 0 Å². The monoisotopic (exact) mass is 232 g/mol. The van der Waals surface area contributed by atoms with Crippen molar-refractivity contribution in [3.05, 3.63) is 29.6 Å². The van der Waals surface area contributed by atoms with Gasteiger partial charge in [0.1, 0.15) is 0 Å². The number of likely N-dealkylation sites (N-methyl/N-ethyl adjacent to an activating group) is 1. The number of Topliss-reactive ketones (excluding diaryl/α,β-unsaturated/α-hetero) is 1. The smallest absolute Gasteiger partial charge is 0.310 e. The van der Waals surface area contributed by atoms with Gasteiger partial charge in [-0.1, -0.05) is 6.92 Å². The summed E-state index contributed by atoms with van der Waals surface area (Å²) < 4.78 is 37.6. The molecule has 1 heterocycles. The Kier molecular flexibility index (Phi) is 4.00. The van der Waals surface area contributed by atoms with Crippen LogP contribution in [0.3, 0.4) is 0 Å². The van der Waals surface area contributed by atoms with E-state index in [1.54, 1.807) is 6.92 Å². The number of alkyl halides is 3. The second-order valence-electron chi connectivity index (χ2n) is 3.12. The lowest BCUT2D eigenvalue weighted by Crippen LogP contribution is -2.25. The van der Waals surface area contributed by atoms with Crippen molar-refractivity contribution >= 4 is 5.78 Å². The first kappa shape index (κ1) is 12.6. The SMILES string of the molecule is CCNCC(=O)c1cnccc1C(F)(F)F. The fourth-order valence-corrected chi connectivity index (χ4v) is 1.20. The van der Waals surface area contributed by atoms with E-state index in [-0.39, 0.29) is 6.54 Å². The fourth-order valence-electron chi connectivity index (χ4n) is 1.20. The molecule has 0 amide bonds. The van der Waals surface area contributed by atoms with Gasteiger partial charge in [0, 0.05) is 18.0 Å². The molecule has 0 radical (unpaired) electrons. The van der Waals surface area contributed by atoms with E-state index in [0.717, 1.165) is 18.5 Å². The van der Waals surface area contributed by atoms with E-state index in [1.165, 1.54) is 0 Å². The van der Waals surface area contributed by atoms with Gasteiger partial charge in [-0.2, -0.15) is 13.2 Å². The molecule has 0 fully saturated rings. The van der Waals surface area contributed by atoms with Crippen LogP contribution in [0.1, 0.15) is 22.8 Å². The Hall–Kier alpha value is -1.43. The van der Waals surface area contributed by atoms with E-state index in [0.29, 0.717) is 6.54 Å². The minimum absolute atomic E-state index is 0.120. The Morgan fingerprint density at radius 2 is 2.19 bits per heavy atom. The van der Waals surface area contributed by atoms with E-state index in [1.807, 2.05) is 0 Å². The summed E-state index contributed by atoms with van der Waals surface area (Å²) in [5, 5.41) is 2.68. The van der Waals surface area contributed by atoms with Gasteiger partial charge >= 0.3 is 6.18 Å². The fraction of sp³-hybridized carbons (Fsp3) is 0.400. The quantitative estimate of drug-likeness (QED) is 0.806. The average molecular weight is 232 g/mol. The third kappa shape index (κ3) is 3.03. The number of nitrogens with zero attached hydrogens (tertiary/aromatic N) is 1. The Morgan fingerprint density at radius 1 is 1.50 bits per heavy atom. The Bertz CT molecular complexity index is 377. The summed E-state index contributed by atoms with van der Waals surface area (Å²) in [4.78, 5) is 15.0. The van der Waals surface area contributed by atoms with Crippen molar-refractivity contribution in [2.75, 3.05) is 13.1 Å². The minimum atomic E-state index is -4.53. The topological polar surface area (TPSA) is 42.0 Å². The molecular weight excluding hydrogens is 221 g/mol. The van der Waals surface area contributed by atoms with Crippen LogP contribution in [0.4, 0.5) is 13.2 Å². The van der Waals surface area contributed by atoms with Gasteiger partial charge in [0.05, 0.1) is 12.1 Å². The molecule has 6 heteroatoms. The van der Waals surface area contributed by atoms with Crippen LogP contribution in [0, 0.1) is 0 Å². The molecule has 0 saturated carbocycles. The summed E-state index contributed by atoms with van der Waals surface area (Å²) in [6.07, 6.45) is -2.56. The van der Waals surface area contributed by atoms with E-state index in [9.17, 15) is 18.0 Å². The van der Waals surface area contributed by atoms with Gasteiger partial charge < -0.3 is 5.32 Å². The second-order valence-corrected chi connectivity index (χ2v) is 3.12. The summed E-state index contributed by atoms with van der Waals surface area (Å²) >= 11 is 0. The van der Waals surface area contributed by atoms with Crippen molar-refractivity contribution in [3.8, 4) is 0 Å². The molecule has 0 aliphatic heterocycles. The molecule has 88 valence electrons. The van der Waals surface area contributed by atoms with Crippen LogP contribution in [-0.2, 0) is 6.18 Å². The third-order valence-electron chi connectivity index (χ3n) is 1.96. The standard InChI is InChI=1S/C10H11F3N2O/c1-2-14-6-9(16)7-5-15-4-3-8(7)10(11,12)13/h3-5,14H,2,6H2,1H3. The van der Waals surface area contributed by atoms with E-state index >= 15 is 0 Å². The lowest BCUT2D eigenvalue weighted by molar-refractivity contribution is -0.138. The summed E-state index contributed by atoms with van der Waals surface area (Å²) in [5.41, 5.74) is -1.33. The minimum Gasteiger partial charge on any atom is -0.310 e. The zero-order valence-electron chi connectivity index (χ0n) is 8.64. The predicted octanol–water partition coefficient (Wildman–Crippen LogP) is 1.89. The molecule has 1 aromatic rings. The number of aromatic nitrogens is 1. The molecule has 3 nitrogen and oxygen atoms in total. The number of hydrogen-bond acceptors (Lipinski definition) is 3. The van der Waals surface area contributed by atoms with Gasteiger partial charge in [-0.15, -0.1) is 0 Å². The Balaban J connectivity index is 3.00. The lowest BCUT2D eigenvalue weighted by Gasteiger charge is -2.11. The first-order valence-electron chi connectivity index (χ1n) is 4.72. The van der Waals surface area contributed by atoms with Gasteiger partial charge in [0.2, 0.25) is 0 Å². The lowest BCUT2D eigenvalue weighted by atomic mass is 10.1. The molecule has 0 aliphatic carbocycles. The Morgan fingerprint density at radius 3 is 2.75 bits per heavy atom. The number of carbonyl (C=O) groups is 1. The second kappa shape index (κ2) is 5.07. The van der Waals surface area contributed by atoms with Crippen molar-refractivity contribution < 1.29 is 18.0 Å². The highest BCUT2D eigenvalue weighted by molar-refractivity contribution is 5.98. The Labute approximate surface area is 90.7 Å². The largest absolute Gasteiger partial charge is 0.417 e. The highest BCUT2D eigenvalue weighted by Gasteiger charge is 2.34. The van der Waals surface area contributed by atoms with Crippen molar-refractivity contribution in [1.29, 1.82) is 0 Å². The normalized spacial score (nSPS) is 11.5. The number of nitrogens with one attached hydrogen (secondary N) is 1. The number of halogens is 3. The maximum atomic E-state index is 12.5. The van der Waals surface area contributed by atoms with E-state index < -0.39 is 23.1 Å². The van der Waals surface area contributed by atoms with Crippen LogP contribution >= 0.6 is 0 Å². The van der Waals surface area contributed by atoms with Crippen molar-refractivity contribution in [2.45, 2.75) is 13.1 Å². The molecule has 0 aromatic carbocycles. The summed E-state index contributed by atoms with van der Waals surface area (Å²) in [6, 6.07) is 0.805. The molecule has 0 saturated heterocycles. The molecule has 1 aromatic heterocycles. The zero-order chi connectivity index (χ0) is 12.2. The van der Waals surface area contributed by atoms with Gasteiger partial charge in [0.15, 0.2) is 5.78 Å². The number of ketones is 1. The van der Waals surface area contributed by atoms with Gasteiger partial charge in [-0.25, -0.2) is 0 Å². The summed E-state index contributed by atoms with van der Waals surface area (Å²) in [6.45, 7) is 2.17. The third-order valence-corrected chi connectivity index (χ3v) is 1.96. The average Bonchev–Trinajstić information content (AvgIpc) is 2.24. The molecule has 0 unspecified atom stereocenters. The molecular formula is C10H11F3N2O. The molecule has 0 bridgehead atoms. The number of pyridine rings is 1. The molecule has 0 spiro atoms. The summed E-state index contributed by atoms with van der Waals surface area (Å²) in [5.74, 6) is -0.609. The number of carbonyl (C=O) groups excluding carboxylic acids is 1. The van der Waals surface area contributed by atoms with Gasteiger partial charge in [-0.3, -0.25) is 9.78 Å². The number of hydrogen-bond donors (Lipinski definition) is 1. The molecule has 1 rings (SSSR count). The highest BCUT2D eigenvalue weighted by atomic mass is 19.4. The van der Waals surface area contributed by atoms with Crippen molar-refractivity contribution in [1.82, 2.24) is 10.3 Å². The maximum Gasteiger partial charge on any atom is 0.417 e. The predicted molar refractivity (Wildman–Crippen MR) is 52.1 cm³/mol. The van der Waals surface area contributed by atoms with Crippen molar-refractivity contribution in [2.24, 2.45) is 0 Å². The van der Waals surface area contributed by atoms with Crippen LogP contribution in [0.15, 0.2) is 18.5 Å². The van der Waals surface area contributed by atoms with Crippen LogP contribution in [-0.4, -0.2) is 23.9 Å². The van der Waals surface area contributed by atoms with Gasteiger partial charge in [-0.05, 0) is 12.6 Å². The molecule has 0 atom stereocenters. The summed E-state index contributed by atoms with van der Waals surface area (Å²) in [7, 11) is 0.